The van der Waals surface area contributed by atoms with Crippen molar-refractivity contribution in [3.63, 3.8) is 0 Å². The van der Waals surface area contributed by atoms with E-state index in [0.29, 0.717) is 17.8 Å². The summed E-state index contributed by atoms with van der Waals surface area (Å²) < 4.78 is 7.68. The Labute approximate surface area is 169 Å². The van der Waals surface area contributed by atoms with Crippen LogP contribution in [0.3, 0.4) is 0 Å². The summed E-state index contributed by atoms with van der Waals surface area (Å²) in [6, 6.07) is 24.9. The van der Waals surface area contributed by atoms with Crippen LogP contribution in [-0.2, 0) is 6.42 Å². The maximum Gasteiger partial charge on any atom is 0.235 e. The lowest BCUT2D eigenvalue weighted by Crippen LogP contribution is -2.00. The molecule has 0 amide bonds. The molecule has 0 atom stereocenters. The van der Waals surface area contributed by atoms with E-state index in [9.17, 15) is 0 Å². The molecule has 29 heavy (non-hydrogen) atoms. The molecule has 0 aliphatic heterocycles. The van der Waals surface area contributed by atoms with Crippen molar-refractivity contribution in [2.75, 3.05) is 5.73 Å². The normalized spacial score (nSPS) is 10.5. The van der Waals surface area contributed by atoms with Crippen LogP contribution in [0.5, 0.6) is 11.5 Å². The van der Waals surface area contributed by atoms with Crippen molar-refractivity contribution in [1.29, 1.82) is 0 Å². The van der Waals surface area contributed by atoms with Crippen LogP contribution in [0.2, 0.25) is 0 Å². The number of nitrogens with zero attached hydrogens (tertiary/aromatic N) is 3. The first-order valence-corrected chi connectivity index (χ1v) is 9.38. The van der Waals surface area contributed by atoms with E-state index >= 15 is 0 Å². The molecule has 142 valence electrons. The molecular weight excluding hydrogens is 360 g/mol. The standard InChI is InChI=1S/C24H20N4O/c1-3-22-23(26-2)24(28(27-22)19-9-7-8-18(25)16-19)17-12-14-21(15-13-17)29-20-10-5-4-6-11-20/h4-16H,3,25H2,1H3. The summed E-state index contributed by atoms with van der Waals surface area (Å²) in [4.78, 5) is 3.78. The Morgan fingerprint density at radius 3 is 2.34 bits per heavy atom. The maximum atomic E-state index is 7.71. The van der Waals surface area contributed by atoms with Gasteiger partial charge in [-0.1, -0.05) is 43.3 Å². The van der Waals surface area contributed by atoms with Gasteiger partial charge in [0.05, 0.1) is 23.6 Å². The predicted octanol–water partition coefficient (Wildman–Crippen LogP) is 6.03. The number of hydrogen-bond donors (Lipinski definition) is 1. The van der Waals surface area contributed by atoms with Crippen LogP contribution >= 0.6 is 0 Å². The minimum atomic E-state index is 0.562. The number of anilines is 1. The molecule has 5 heteroatoms. The summed E-state index contributed by atoms with van der Waals surface area (Å²) in [6.45, 7) is 9.71. The topological polar surface area (TPSA) is 57.4 Å². The van der Waals surface area contributed by atoms with Gasteiger partial charge in [-0.2, -0.15) is 5.10 Å². The van der Waals surface area contributed by atoms with Crippen LogP contribution in [0.25, 0.3) is 21.8 Å². The molecule has 1 aromatic heterocycles. The SMILES string of the molecule is [C-]#[N+]c1c(CC)nn(-c2cccc(N)c2)c1-c1ccc(Oc2ccccc2)cc1. The lowest BCUT2D eigenvalue weighted by atomic mass is 10.1. The maximum absolute atomic E-state index is 7.71. The highest BCUT2D eigenvalue weighted by Crippen LogP contribution is 2.37. The zero-order valence-electron chi connectivity index (χ0n) is 16.0. The monoisotopic (exact) mass is 380 g/mol. The molecule has 0 fully saturated rings. The van der Waals surface area contributed by atoms with E-state index < -0.39 is 0 Å². The Balaban J connectivity index is 1.77. The minimum absolute atomic E-state index is 0.562. The number of benzene rings is 3. The lowest BCUT2D eigenvalue weighted by molar-refractivity contribution is 0.483. The molecule has 0 spiro atoms. The zero-order valence-corrected chi connectivity index (χ0v) is 16.0. The highest BCUT2D eigenvalue weighted by Gasteiger charge is 2.20. The van der Waals surface area contributed by atoms with Crippen molar-refractivity contribution in [3.05, 3.63) is 96.0 Å². The quantitative estimate of drug-likeness (QED) is 0.340. The molecule has 1 heterocycles. The van der Waals surface area contributed by atoms with E-state index in [0.717, 1.165) is 34.1 Å². The fourth-order valence-corrected chi connectivity index (χ4v) is 3.22. The van der Waals surface area contributed by atoms with Crippen LogP contribution < -0.4 is 10.5 Å². The smallest absolute Gasteiger partial charge is 0.235 e. The number of aromatic nitrogens is 2. The van der Waals surface area contributed by atoms with Crippen molar-refractivity contribution in [1.82, 2.24) is 9.78 Å². The molecule has 0 unspecified atom stereocenters. The molecule has 0 saturated carbocycles. The van der Waals surface area contributed by atoms with E-state index in [1.165, 1.54) is 0 Å². The van der Waals surface area contributed by atoms with E-state index in [-0.39, 0.29) is 0 Å². The van der Waals surface area contributed by atoms with Gasteiger partial charge in [0.2, 0.25) is 5.69 Å². The summed E-state index contributed by atoms with van der Waals surface area (Å²) >= 11 is 0. The van der Waals surface area contributed by atoms with E-state index in [2.05, 4.69) is 4.85 Å². The highest BCUT2D eigenvalue weighted by molar-refractivity contribution is 5.79. The van der Waals surface area contributed by atoms with Crippen LogP contribution in [0.4, 0.5) is 11.4 Å². The molecule has 0 aliphatic rings. The minimum Gasteiger partial charge on any atom is -0.457 e. The Bertz CT molecular complexity index is 1170. The molecule has 4 rings (SSSR count). The summed E-state index contributed by atoms with van der Waals surface area (Å²) in [7, 11) is 0. The Hall–Kier alpha value is -4.04. The molecule has 0 bridgehead atoms. The third kappa shape index (κ3) is 3.69. The summed E-state index contributed by atoms with van der Waals surface area (Å²) in [5, 5.41) is 4.69. The van der Waals surface area contributed by atoms with Gasteiger partial charge in [0.25, 0.3) is 0 Å². The van der Waals surface area contributed by atoms with Crippen molar-refractivity contribution < 1.29 is 4.74 Å². The van der Waals surface area contributed by atoms with Gasteiger partial charge in [-0.3, -0.25) is 0 Å². The number of para-hydroxylation sites is 1. The summed E-state index contributed by atoms with van der Waals surface area (Å²) in [5.74, 6) is 1.51. The second-order valence-electron chi connectivity index (χ2n) is 6.56. The van der Waals surface area contributed by atoms with Crippen LogP contribution in [0, 0.1) is 6.57 Å². The number of rotatable bonds is 5. The van der Waals surface area contributed by atoms with Crippen molar-refractivity contribution in [2.24, 2.45) is 0 Å². The number of nitrogen functional groups attached to an aromatic ring is 1. The van der Waals surface area contributed by atoms with Crippen molar-refractivity contribution >= 4 is 11.4 Å². The van der Waals surface area contributed by atoms with E-state index in [1.54, 1.807) is 4.68 Å². The number of nitrogens with two attached hydrogens (primary N) is 1. The summed E-state index contributed by atoms with van der Waals surface area (Å²) in [5.41, 5.74) is 10.4. The Kier molecular flexibility index (Phi) is 5.00. The highest BCUT2D eigenvalue weighted by atomic mass is 16.5. The first kappa shape index (κ1) is 18.3. The lowest BCUT2D eigenvalue weighted by Gasteiger charge is -2.11. The zero-order chi connectivity index (χ0) is 20.2. The second kappa shape index (κ2) is 7.91. The van der Waals surface area contributed by atoms with Gasteiger partial charge in [-0.05, 0) is 54.4 Å². The first-order valence-electron chi connectivity index (χ1n) is 9.38. The predicted molar refractivity (Wildman–Crippen MR) is 116 cm³/mol. The van der Waals surface area contributed by atoms with E-state index in [1.807, 2.05) is 85.8 Å². The number of hydrogen-bond acceptors (Lipinski definition) is 3. The third-order valence-corrected chi connectivity index (χ3v) is 4.60. The molecule has 0 radical (unpaired) electrons. The summed E-state index contributed by atoms with van der Waals surface area (Å²) in [6.07, 6.45) is 0.676. The molecule has 0 saturated heterocycles. The molecule has 4 aromatic rings. The van der Waals surface area contributed by atoms with Gasteiger partial charge in [0.15, 0.2) is 0 Å². The fraction of sp³-hybridized carbons (Fsp3) is 0.0833. The van der Waals surface area contributed by atoms with Crippen molar-refractivity contribution in [3.8, 4) is 28.4 Å². The van der Waals surface area contributed by atoms with Crippen LogP contribution in [-0.4, -0.2) is 9.78 Å². The van der Waals surface area contributed by atoms with Gasteiger partial charge in [-0.15, -0.1) is 0 Å². The molecule has 2 N–H and O–H groups in total. The average Bonchev–Trinajstić information content (AvgIpc) is 3.14. The third-order valence-electron chi connectivity index (χ3n) is 4.60. The molecule has 3 aromatic carbocycles. The Morgan fingerprint density at radius 1 is 0.966 bits per heavy atom. The van der Waals surface area contributed by atoms with Crippen molar-refractivity contribution in [2.45, 2.75) is 13.3 Å². The Morgan fingerprint density at radius 2 is 1.69 bits per heavy atom. The average molecular weight is 380 g/mol. The van der Waals surface area contributed by atoms with Gasteiger partial charge in [0.1, 0.15) is 11.5 Å². The van der Waals surface area contributed by atoms with Crippen LogP contribution in [0.1, 0.15) is 12.6 Å². The van der Waals surface area contributed by atoms with Gasteiger partial charge >= 0.3 is 0 Å². The first-order chi connectivity index (χ1) is 14.2. The van der Waals surface area contributed by atoms with Gasteiger partial charge < -0.3 is 10.5 Å². The van der Waals surface area contributed by atoms with Gasteiger partial charge in [-0.25, -0.2) is 9.53 Å². The number of aryl methyl sites for hydroxylation is 1. The number of ether oxygens (including phenoxy) is 1. The molecule has 0 aliphatic carbocycles. The molecular formula is C24H20N4O. The van der Waals surface area contributed by atoms with Gasteiger partial charge in [0, 0.05) is 5.69 Å². The fourth-order valence-electron chi connectivity index (χ4n) is 3.22. The molecule has 5 nitrogen and oxygen atoms in total. The largest absolute Gasteiger partial charge is 0.457 e. The van der Waals surface area contributed by atoms with Crippen LogP contribution in [0.15, 0.2) is 78.9 Å². The second-order valence-corrected chi connectivity index (χ2v) is 6.56. The van der Waals surface area contributed by atoms with E-state index in [4.69, 9.17) is 22.1 Å².